The van der Waals surface area contributed by atoms with Gasteiger partial charge >= 0.3 is 0 Å². The Morgan fingerprint density at radius 2 is 0.827 bits per heavy atom. The fourth-order valence-corrected chi connectivity index (χ4v) is 12.9. The van der Waals surface area contributed by atoms with E-state index in [4.69, 9.17) is 0 Å². The summed E-state index contributed by atoms with van der Waals surface area (Å²) in [5, 5.41) is 10.4. The number of aryl methyl sites for hydroxylation is 1. The van der Waals surface area contributed by atoms with Crippen LogP contribution in [0.15, 0.2) is 97.1 Å². The number of likely N-dealkylation sites (tertiary alicyclic amines) is 2. The van der Waals surface area contributed by atoms with Crippen LogP contribution in [-0.2, 0) is 39.0 Å². The Morgan fingerprint density at radius 3 is 1.20 bits per heavy atom. The zero-order chi connectivity index (χ0) is 59.4. The van der Waals surface area contributed by atoms with E-state index in [9.17, 15) is 0 Å². The highest BCUT2D eigenvalue weighted by molar-refractivity contribution is 5.45. The van der Waals surface area contributed by atoms with Gasteiger partial charge in [-0.1, -0.05) is 140 Å². The number of anilines is 2. The van der Waals surface area contributed by atoms with E-state index in [1.54, 1.807) is 11.1 Å². The molecule has 1 saturated carbocycles. The summed E-state index contributed by atoms with van der Waals surface area (Å²) in [5.41, 5.74) is 12.9. The van der Waals surface area contributed by atoms with Crippen LogP contribution < -0.4 is 16.0 Å². The molecule has 6 aliphatic rings. The highest BCUT2D eigenvalue weighted by atomic mass is 15.2. The quantitative estimate of drug-likeness (QED) is 0.163. The summed E-state index contributed by atoms with van der Waals surface area (Å²) in [4.78, 5) is 10.3. The van der Waals surface area contributed by atoms with Crippen LogP contribution >= 0.6 is 0 Å². The fraction of sp³-hybridized carbons (Fsp3) is 0.676. The second-order valence-electron chi connectivity index (χ2n) is 30.1. The minimum Gasteiger partial charge on any atom is -0.380 e. The molecule has 0 aromatic heterocycles. The number of hydrogen-bond acceptors (Lipinski definition) is 7. The molecule has 5 aliphatic heterocycles. The maximum absolute atomic E-state index is 3.66. The van der Waals surface area contributed by atoms with Crippen LogP contribution in [0.4, 0.5) is 11.4 Å². The Labute approximate surface area is 500 Å². The van der Waals surface area contributed by atoms with Crippen LogP contribution in [0.1, 0.15) is 222 Å². The Hall–Kier alpha value is -3.72. The molecular formula is C74H123N7. The molecular weight excluding hydrogens is 987 g/mol. The van der Waals surface area contributed by atoms with Crippen molar-refractivity contribution in [2.75, 3.05) is 56.4 Å². The first-order valence-corrected chi connectivity index (χ1v) is 32.7. The van der Waals surface area contributed by atoms with E-state index in [2.05, 4.69) is 221 Å². The van der Waals surface area contributed by atoms with Crippen LogP contribution in [0.5, 0.6) is 0 Å². The van der Waals surface area contributed by atoms with Gasteiger partial charge in [0.2, 0.25) is 0 Å². The average molecular weight is 1110 g/mol. The lowest BCUT2D eigenvalue weighted by Gasteiger charge is -2.42. The number of nitrogens with zero attached hydrogens (tertiary/aromatic N) is 4. The fourth-order valence-electron chi connectivity index (χ4n) is 12.9. The molecule has 4 fully saturated rings. The van der Waals surface area contributed by atoms with Gasteiger partial charge in [0.1, 0.15) is 0 Å². The molecule has 0 amide bonds. The molecule has 3 saturated heterocycles. The smallest absolute Gasteiger partial charge is 0.0344 e. The molecule has 0 radical (unpaired) electrons. The molecule has 5 heterocycles. The van der Waals surface area contributed by atoms with Gasteiger partial charge in [-0.25, -0.2) is 0 Å². The first kappa shape index (κ1) is 68.1. The SMILES string of the molecule is CC(C)(C)N1CCC(C2CCCC2)CC1.CC(C)(C)N1CCC(C2CCCN2)CC1.CC(C)(C)Nc1ccccc1.CC(C)(C)Nc1ccccc1.CCN1Cc2ccc(CC(C)(C)C)cc2C1.CCc1ccc2c(c1)CN(CC)C2. The minimum atomic E-state index is 0.154. The average Bonchev–Trinajstić information content (AvgIpc) is 4.31. The lowest BCUT2D eigenvalue weighted by molar-refractivity contribution is 0.0712. The number of fused-ring (bicyclic) bond motifs is 2. The van der Waals surface area contributed by atoms with Crippen molar-refractivity contribution in [1.82, 2.24) is 24.9 Å². The maximum atomic E-state index is 3.66. The van der Waals surface area contributed by atoms with E-state index >= 15 is 0 Å². The molecule has 0 spiro atoms. The number of rotatable bonds is 8. The van der Waals surface area contributed by atoms with Crippen LogP contribution in [-0.4, -0.2) is 93.6 Å². The van der Waals surface area contributed by atoms with Gasteiger partial charge in [0.25, 0.3) is 0 Å². The summed E-state index contributed by atoms with van der Waals surface area (Å²) >= 11 is 0. The number of para-hydroxylation sites is 2. The Balaban J connectivity index is 0.000000179. The van der Waals surface area contributed by atoms with Crippen molar-refractivity contribution in [1.29, 1.82) is 0 Å². The van der Waals surface area contributed by atoms with Gasteiger partial charge in [-0.05, 0) is 261 Å². The largest absolute Gasteiger partial charge is 0.380 e. The van der Waals surface area contributed by atoms with Gasteiger partial charge < -0.3 is 16.0 Å². The minimum absolute atomic E-state index is 0.154. The second-order valence-corrected chi connectivity index (χ2v) is 30.1. The normalized spacial score (nSPS) is 19.7. The third-order valence-corrected chi connectivity index (χ3v) is 17.5. The van der Waals surface area contributed by atoms with E-state index in [1.165, 1.54) is 137 Å². The summed E-state index contributed by atoms with van der Waals surface area (Å²) < 4.78 is 0. The lowest BCUT2D eigenvalue weighted by atomic mass is 9.82. The summed E-state index contributed by atoms with van der Waals surface area (Å²) in [6, 6.07) is 35.3. The van der Waals surface area contributed by atoms with E-state index in [0.717, 1.165) is 69.5 Å². The zero-order valence-electron chi connectivity index (χ0n) is 55.6. The molecule has 3 N–H and O–H groups in total. The van der Waals surface area contributed by atoms with Crippen molar-refractivity contribution in [3.63, 3.8) is 0 Å². The predicted molar refractivity (Wildman–Crippen MR) is 356 cm³/mol. The molecule has 0 bridgehead atoms. The summed E-state index contributed by atoms with van der Waals surface area (Å²) in [6.45, 7) is 54.0. The number of hydrogen-bond donors (Lipinski definition) is 3. The van der Waals surface area contributed by atoms with Gasteiger partial charge in [0, 0.05) is 65.8 Å². The molecule has 7 heteroatoms. The van der Waals surface area contributed by atoms with E-state index in [1.807, 2.05) is 36.4 Å². The van der Waals surface area contributed by atoms with Crippen LogP contribution in [0.3, 0.4) is 0 Å². The first-order chi connectivity index (χ1) is 38.1. The van der Waals surface area contributed by atoms with E-state index in [0.29, 0.717) is 16.5 Å². The standard InChI is InChI=1S/C15H23N.C14H27N.C13H26N2.C12H17N.2C10H15N/c1-5-16-10-13-7-6-12(8-14(13)11-16)9-15(2,3)4;1-14(2,3)15-10-8-13(9-11-15)12-6-4-5-7-12;1-13(2,3)15-9-6-11(7-10-15)12-5-4-8-14-12;1-3-10-5-6-11-8-13(4-2)9-12(11)7-10;2*1-10(2,3)11-9-7-5-4-6-8-9/h6-8H,5,9-11H2,1-4H3;12-13H,4-11H2,1-3H3;11-12,14H,4-10H2,1-3H3;5-7H,3-4,8-9H2,1-2H3;2*4-8,11H,1-3H3. The summed E-state index contributed by atoms with van der Waals surface area (Å²) in [7, 11) is 0. The number of benzene rings is 4. The molecule has 4 aromatic rings. The van der Waals surface area contributed by atoms with Gasteiger partial charge in [-0.15, -0.1) is 0 Å². The van der Waals surface area contributed by atoms with Crippen LogP contribution in [0.2, 0.25) is 0 Å². The third-order valence-electron chi connectivity index (χ3n) is 17.5. The highest BCUT2D eigenvalue weighted by Crippen LogP contribution is 2.38. The Kier molecular flexibility index (Phi) is 26.9. The molecule has 454 valence electrons. The Bertz CT molecular complexity index is 2230. The summed E-state index contributed by atoms with van der Waals surface area (Å²) in [5.74, 6) is 3.10. The number of piperidine rings is 2. The van der Waals surface area contributed by atoms with Gasteiger partial charge in [0.05, 0.1) is 0 Å². The first-order valence-electron chi connectivity index (χ1n) is 32.7. The third kappa shape index (κ3) is 25.2. The van der Waals surface area contributed by atoms with Gasteiger partial charge in [0.15, 0.2) is 0 Å². The second kappa shape index (κ2) is 32.0. The topological polar surface area (TPSA) is 49.1 Å². The molecule has 4 aromatic carbocycles. The molecule has 81 heavy (non-hydrogen) atoms. The predicted octanol–water partition coefficient (Wildman–Crippen LogP) is 17.9. The molecule has 7 nitrogen and oxygen atoms in total. The van der Waals surface area contributed by atoms with Crippen molar-refractivity contribution in [3.8, 4) is 0 Å². The monoisotopic (exact) mass is 1110 g/mol. The van der Waals surface area contributed by atoms with E-state index < -0.39 is 0 Å². The van der Waals surface area contributed by atoms with Crippen molar-refractivity contribution in [2.45, 2.75) is 256 Å². The van der Waals surface area contributed by atoms with Gasteiger partial charge in [-0.2, -0.15) is 0 Å². The van der Waals surface area contributed by atoms with Gasteiger partial charge in [-0.3, -0.25) is 19.6 Å². The van der Waals surface area contributed by atoms with Crippen LogP contribution in [0, 0.1) is 23.2 Å². The molecule has 1 unspecified atom stereocenters. The van der Waals surface area contributed by atoms with Crippen molar-refractivity contribution in [3.05, 3.63) is 130 Å². The van der Waals surface area contributed by atoms with E-state index in [-0.39, 0.29) is 11.1 Å². The maximum Gasteiger partial charge on any atom is 0.0344 e. The molecule has 1 aliphatic carbocycles. The van der Waals surface area contributed by atoms with Crippen LogP contribution in [0.25, 0.3) is 0 Å². The lowest BCUT2D eigenvalue weighted by Crippen LogP contribution is -2.48. The van der Waals surface area contributed by atoms with Crippen molar-refractivity contribution >= 4 is 11.4 Å². The summed E-state index contributed by atoms with van der Waals surface area (Å²) in [6.07, 6.45) is 16.9. The highest BCUT2D eigenvalue weighted by Gasteiger charge is 2.33. The van der Waals surface area contributed by atoms with Crippen molar-refractivity contribution < 1.29 is 0 Å². The molecule has 10 rings (SSSR count). The Morgan fingerprint density at radius 1 is 0.432 bits per heavy atom. The zero-order valence-corrected chi connectivity index (χ0v) is 55.6. The number of nitrogens with one attached hydrogen (secondary N) is 3. The van der Waals surface area contributed by atoms with Crippen molar-refractivity contribution in [2.24, 2.45) is 23.2 Å². The molecule has 1 atom stereocenters.